The molecule has 0 bridgehead atoms. The normalized spacial score (nSPS) is 16.2. The van der Waals surface area contributed by atoms with Gasteiger partial charge in [0, 0.05) is 46.3 Å². The number of halogens is 1. The van der Waals surface area contributed by atoms with Gasteiger partial charge >= 0.3 is 0 Å². The molecule has 0 atom stereocenters. The van der Waals surface area contributed by atoms with Crippen molar-refractivity contribution in [2.24, 2.45) is 5.41 Å². The maximum absolute atomic E-state index is 12.3. The van der Waals surface area contributed by atoms with Crippen molar-refractivity contribution < 1.29 is 9.59 Å². The standard InChI is InChI=1S/C15H21BrN2O2S/c1-15(2,3)14(20)18-6-4-17(5-7-18)13(19)9-12-8-11(16)10-21-12/h8,10H,4-7,9H2,1-3H3. The van der Waals surface area contributed by atoms with E-state index in [4.69, 9.17) is 0 Å². The van der Waals surface area contributed by atoms with Gasteiger partial charge in [-0.25, -0.2) is 0 Å². The molecule has 4 nitrogen and oxygen atoms in total. The van der Waals surface area contributed by atoms with Crippen LogP contribution in [0.4, 0.5) is 0 Å². The first-order chi connectivity index (χ1) is 9.77. The zero-order valence-electron chi connectivity index (χ0n) is 12.7. The third kappa shape index (κ3) is 4.30. The maximum atomic E-state index is 12.3. The molecule has 2 heterocycles. The molecule has 2 amide bonds. The fourth-order valence-electron chi connectivity index (χ4n) is 2.34. The molecule has 1 aromatic heterocycles. The molecule has 1 saturated heterocycles. The van der Waals surface area contributed by atoms with Crippen LogP contribution in [-0.4, -0.2) is 47.8 Å². The molecule has 0 aromatic carbocycles. The van der Waals surface area contributed by atoms with Crippen LogP contribution in [0.15, 0.2) is 15.9 Å². The summed E-state index contributed by atoms with van der Waals surface area (Å²) in [5.74, 6) is 0.309. The first-order valence-electron chi connectivity index (χ1n) is 7.07. The van der Waals surface area contributed by atoms with Crippen molar-refractivity contribution in [2.45, 2.75) is 27.2 Å². The summed E-state index contributed by atoms with van der Waals surface area (Å²) in [6, 6.07) is 1.99. The minimum Gasteiger partial charge on any atom is -0.339 e. The smallest absolute Gasteiger partial charge is 0.228 e. The minimum atomic E-state index is -0.352. The van der Waals surface area contributed by atoms with Crippen molar-refractivity contribution in [2.75, 3.05) is 26.2 Å². The van der Waals surface area contributed by atoms with E-state index in [-0.39, 0.29) is 17.2 Å². The minimum absolute atomic E-state index is 0.146. The molecule has 2 rings (SSSR count). The molecule has 1 aliphatic rings. The van der Waals surface area contributed by atoms with Gasteiger partial charge in [-0.15, -0.1) is 11.3 Å². The van der Waals surface area contributed by atoms with Gasteiger partial charge in [0.1, 0.15) is 0 Å². The van der Waals surface area contributed by atoms with Crippen molar-refractivity contribution >= 4 is 39.1 Å². The number of amides is 2. The second-order valence-electron chi connectivity index (χ2n) is 6.33. The Morgan fingerprint density at radius 2 is 1.76 bits per heavy atom. The Hall–Kier alpha value is -0.880. The molecule has 116 valence electrons. The molecule has 21 heavy (non-hydrogen) atoms. The van der Waals surface area contributed by atoms with E-state index >= 15 is 0 Å². The van der Waals surface area contributed by atoms with E-state index in [0.29, 0.717) is 32.6 Å². The van der Waals surface area contributed by atoms with Gasteiger partial charge in [-0.3, -0.25) is 9.59 Å². The lowest BCUT2D eigenvalue weighted by Crippen LogP contribution is -2.53. The fourth-order valence-corrected chi connectivity index (χ4v) is 3.78. The van der Waals surface area contributed by atoms with Crippen molar-refractivity contribution in [3.8, 4) is 0 Å². The first-order valence-corrected chi connectivity index (χ1v) is 8.74. The summed E-state index contributed by atoms with van der Waals surface area (Å²) in [4.78, 5) is 29.3. The predicted octanol–water partition coefficient (Wildman–Crippen LogP) is 2.77. The molecular formula is C15H21BrN2O2S. The molecule has 6 heteroatoms. The number of nitrogens with zero attached hydrogens (tertiary/aromatic N) is 2. The molecule has 0 aliphatic carbocycles. The van der Waals surface area contributed by atoms with Crippen LogP contribution in [0.1, 0.15) is 25.6 Å². The average molecular weight is 373 g/mol. The number of rotatable bonds is 2. The van der Waals surface area contributed by atoms with Gasteiger partial charge in [0.2, 0.25) is 11.8 Å². The molecule has 0 spiro atoms. The van der Waals surface area contributed by atoms with Crippen molar-refractivity contribution in [3.05, 3.63) is 20.8 Å². The van der Waals surface area contributed by atoms with Crippen molar-refractivity contribution in [1.82, 2.24) is 9.80 Å². The third-order valence-electron chi connectivity index (χ3n) is 3.51. The number of thiophene rings is 1. The molecule has 0 radical (unpaired) electrons. The zero-order chi connectivity index (χ0) is 15.6. The Labute approximate surface area is 138 Å². The SMILES string of the molecule is CC(C)(C)C(=O)N1CCN(C(=O)Cc2cc(Br)cs2)CC1. The Bertz CT molecular complexity index is 528. The first kappa shape index (κ1) is 16.5. The highest BCUT2D eigenvalue weighted by molar-refractivity contribution is 9.10. The van der Waals surface area contributed by atoms with Gasteiger partial charge in [0.15, 0.2) is 0 Å². The van der Waals surface area contributed by atoms with Crippen molar-refractivity contribution in [3.63, 3.8) is 0 Å². The summed E-state index contributed by atoms with van der Waals surface area (Å²) in [6.07, 6.45) is 0.448. The molecule has 1 fully saturated rings. The molecule has 0 saturated carbocycles. The summed E-state index contributed by atoms with van der Waals surface area (Å²) in [7, 11) is 0. The number of carbonyl (C=O) groups is 2. The second-order valence-corrected chi connectivity index (χ2v) is 8.24. The Balaban J connectivity index is 1.86. The van der Waals surface area contributed by atoms with E-state index in [2.05, 4.69) is 15.9 Å². The van der Waals surface area contributed by atoms with Crippen LogP contribution in [0.5, 0.6) is 0 Å². The highest BCUT2D eigenvalue weighted by atomic mass is 79.9. The monoisotopic (exact) mass is 372 g/mol. The second kappa shape index (κ2) is 6.48. The average Bonchev–Trinajstić information content (AvgIpc) is 2.82. The van der Waals surface area contributed by atoms with Crippen LogP contribution in [-0.2, 0) is 16.0 Å². The number of hydrogen-bond acceptors (Lipinski definition) is 3. The van der Waals surface area contributed by atoms with Crippen LogP contribution in [0, 0.1) is 5.41 Å². The lowest BCUT2D eigenvalue weighted by atomic mass is 9.94. The topological polar surface area (TPSA) is 40.6 Å². The summed E-state index contributed by atoms with van der Waals surface area (Å²) in [5.41, 5.74) is -0.352. The van der Waals surface area contributed by atoms with E-state index in [0.717, 1.165) is 9.35 Å². The Morgan fingerprint density at radius 1 is 1.19 bits per heavy atom. The molecule has 1 aromatic rings. The quantitative estimate of drug-likeness (QED) is 0.800. The predicted molar refractivity (Wildman–Crippen MR) is 88.3 cm³/mol. The molecule has 1 aliphatic heterocycles. The zero-order valence-corrected chi connectivity index (χ0v) is 15.1. The highest BCUT2D eigenvalue weighted by Gasteiger charge is 2.30. The summed E-state index contributed by atoms with van der Waals surface area (Å²) >= 11 is 4.99. The highest BCUT2D eigenvalue weighted by Crippen LogP contribution is 2.22. The van der Waals surface area contributed by atoms with Gasteiger partial charge in [-0.2, -0.15) is 0 Å². The maximum Gasteiger partial charge on any atom is 0.228 e. The summed E-state index contributed by atoms with van der Waals surface area (Å²) in [5, 5.41) is 1.99. The Morgan fingerprint density at radius 3 is 2.24 bits per heavy atom. The Kier molecular flexibility index (Phi) is 5.09. The summed E-state index contributed by atoms with van der Waals surface area (Å²) < 4.78 is 1.02. The van der Waals surface area contributed by atoms with Crippen LogP contribution in [0.3, 0.4) is 0 Å². The number of piperazine rings is 1. The van der Waals surface area contributed by atoms with E-state index in [1.54, 1.807) is 11.3 Å². The van der Waals surface area contributed by atoms with Crippen molar-refractivity contribution in [1.29, 1.82) is 0 Å². The van der Waals surface area contributed by atoms with Gasteiger partial charge < -0.3 is 9.80 Å². The van der Waals surface area contributed by atoms with Crippen LogP contribution < -0.4 is 0 Å². The lowest BCUT2D eigenvalue weighted by Gasteiger charge is -2.37. The number of hydrogen-bond donors (Lipinski definition) is 0. The molecular weight excluding hydrogens is 352 g/mol. The largest absolute Gasteiger partial charge is 0.339 e. The van der Waals surface area contributed by atoms with Gasteiger partial charge in [-0.05, 0) is 22.0 Å². The van der Waals surface area contributed by atoms with E-state index < -0.39 is 0 Å². The van der Waals surface area contributed by atoms with E-state index in [1.165, 1.54) is 0 Å². The van der Waals surface area contributed by atoms with Gasteiger partial charge in [-0.1, -0.05) is 20.8 Å². The van der Waals surface area contributed by atoms with Gasteiger partial charge in [0.25, 0.3) is 0 Å². The lowest BCUT2D eigenvalue weighted by molar-refractivity contribution is -0.144. The van der Waals surface area contributed by atoms with E-state index in [1.807, 2.05) is 42.0 Å². The third-order valence-corrected chi connectivity index (χ3v) is 5.21. The molecule has 0 N–H and O–H groups in total. The number of carbonyl (C=O) groups excluding carboxylic acids is 2. The fraction of sp³-hybridized carbons (Fsp3) is 0.600. The van der Waals surface area contributed by atoms with Gasteiger partial charge in [0.05, 0.1) is 6.42 Å². The summed E-state index contributed by atoms with van der Waals surface area (Å²) in [6.45, 7) is 8.33. The van der Waals surface area contributed by atoms with Crippen LogP contribution in [0.25, 0.3) is 0 Å². The van der Waals surface area contributed by atoms with Crippen LogP contribution in [0.2, 0.25) is 0 Å². The van der Waals surface area contributed by atoms with Crippen LogP contribution >= 0.6 is 27.3 Å². The van der Waals surface area contributed by atoms with E-state index in [9.17, 15) is 9.59 Å². The molecule has 0 unspecified atom stereocenters.